The highest BCUT2D eigenvalue weighted by molar-refractivity contribution is 5.94. The van der Waals surface area contributed by atoms with Gasteiger partial charge in [0.25, 0.3) is 5.91 Å². The minimum Gasteiger partial charge on any atom is -0.355 e. The van der Waals surface area contributed by atoms with E-state index < -0.39 is 23.1 Å². The Balaban J connectivity index is 0.000000791. The molecule has 0 heterocycles. The summed E-state index contributed by atoms with van der Waals surface area (Å²) in [6.07, 6.45) is 0. The van der Waals surface area contributed by atoms with Crippen molar-refractivity contribution in [1.82, 2.24) is 5.32 Å². The van der Waals surface area contributed by atoms with Crippen molar-refractivity contribution in [2.24, 2.45) is 0 Å². The van der Waals surface area contributed by atoms with E-state index in [0.29, 0.717) is 0 Å². The van der Waals surface area contributed by atoms with E-state index in [0.717, 1.165) is 12.1 Å². The summed E-state index contributed by atoms with van der Waals surface area (Å²) in [4.78, 5) is 10.9. The van der Waals surface area contributed by atoms with Gasteiger partial charge in [0.05, 0.1) is 0 Å². The molecule has 0 atom stereocenters. The third-order valence-corrected chi connectivity index (χ3v) is 1.42. The average Bonchev–Trinajstić information content (AvgIpc) is 2.20. The van der Waals surface area contributed by atoms with Crippen LogP contribution in [0.15, 0.2) is 18.2 Å². The van der Waals surface area contributed by atoms with E-state index in [4.69, 9.17) is 0 Å². The van der Waals surface area contributed by atoms with Crippen molar-refractivity contribution >= 4 is 5.91 Å². The second-order valence-electron chi connectivity index (χ2n) is 2.18. The van der Waals surface area contributed by atoms with E-state index in [9.17, 15) is 13.6 Å². The molecule has 78 valence electrons. The Labute approximate surface area is 81.9 Å². The van der Waals surface area contributed by atoms with Gasteiger partial charge in [-0.2, -0.15) is 0 Å². The van der Waals surface area contributed by atoms with E-state index in [-0.39, 0.29) is 0 Å². The molecule has 14 heavy (non-hydrogen) atoms. The molecule has 0 saturated carbocycles. The van der Waals surface area contributed by atoms with Crippen molar-refractivity contribution < 1.29 is 13.6 Å². The van der Waals surface area contributed by atoms with Crippen LogP contribution in [0.25, 0.3) is 0 Å². The Hall–Kier alpha value is -1.45. The van der Waals surface area contributed by atoms with Crippen LogP contribution in [0, 0.1) is 11.6 Å². The van der Waals surface area contributed by atoms with E-state index in [1.54, 1.807) is 0 Å². The predicted octanol–water partition coefficient (Wildman–Crippen LogP) is 2.35. The van der Waals surface area contributed by atoms with E-state index >= 15 is 0 Å². The molecule has 0 aliphatic rings. The van der Waals surface area contributed by atoms with Crippen LogP contribution in [0.5, 0.6) is 0 Å². The lowest BCUT2D eigenvalue weighted by Gasteiger charge is -2.01. The first-order valence-electron chi connectivity index (χ1n) is 4.33. The maximum absolute atomic E-state index is 12.8. The maximum atomic E-state index is 12.8. The second-order valence-corrected chi connectivity index (χ2v) is 2.18. The van der Waals surface area contributed by atoms with Gasteiger partial charge in [-0.25, -0.2) is 8.78 Å². The lowest BCUT2D eigenvalue weighted by molar-refractivity contribution is 0.0954. The molecule has 0 fully saturated rings. The Morgan fingerprint density at radius 2 is 1.64 bits per heavy atom. The van der Waals surface area contributed by atoms with Gasteiger partial charge in [-0.05, 0) is 12.1 Å². The molecule has 0 spiro atoms. The molecule has 0 aromatic heterocycles. The molecule has 4 heteroatoms. The molecule has 0 unspecified atom stereocenters. The van der Waals surface area contributed by atoms with Gasteiger partial charge < -0.3 is 5.32 Å². The lowest BCUT2D eigenvalue weighted by atomic mass is 10.2. The number of amides is 1. The molecular formula is C10H13F2NO. The molecular weight excluding hydrogens is 188 g/mol. The third kappa shape index (κ3) is 2.80. The third-order valence-electron chi connectivity index (χ3n) is 1.42. The predicted molar refractivity (Wildman–Crippen MR) is 51.1 cm³/mol. The summed E-state index contributed by atoms with van der Waals surface area (Å²) >= 11 is 0. The fourth-order valence-corrected chi connectivity index (χ4v) is 0.840. The largest absolute Gasteiger partial charge is 0.355 e. The summed E-state index contributed by atoms with van der Waals surface area (Å²) < 4.78 is 25.6. The number of nitrogens with one attached hydrogen (secondary N) is 1. The van der Waals surface area contributed by atoms with Crippen molar-refractivity contribution in [1.29, 1.82) is 0 Å². The maximum Gasteiger partial charge on any atom is 0.256 e. The summed E-state index contributed by atoms with van der Waals surface area (Å²) in [7, 11) is 1.31. The number of carbonyl (C=O) groups is 1. The SMILES string of the molecule is CC.CNC(=O)c1c(F)cccc1F. The van der Waals surface area contributed by atoms with E-state index in [1.807, 2.05) is 13.8 Å². The Morgan fingerprint density at radius 3 is 2.00 bits per heavy atom. The van der Waals surface area contributed by atoms with Crippen LogP contribution in [0.2, 0.25) is 0 Å². The van der Waals surface area contributed by atoms with Crippen molar-refractivity contribution in [3.8, 4) is 0 Å². The highest BCUT2D eigenvalue weighted by Crippen LogP contribution is 2.10. The topological polar surface area (TPSA) is 29.1 Å². The molecule has 1 N–H and O–H groups in total. The molecule has 0 aliphatic heterocycles. The van der Waals surface area contributed by atoms with Crippen LogP contribution in [-0.2, 0) is 0 Å². The van der Waals surface area contributed by atoms with Crippen molar-refractivity contribution in [3.63, 3.8) is 0 Å². The fraction of sp³-hybridized carbons (Fsp3) is 0.300. The molecule has 1 rings (SSSR count). The van der Waals surface area contributed by atoms with Crippen LogP contribution in [0.4, 0.5) is 8.78 Å². The van der Waals surface area contributed by atoms with Gasteiger partial charge in [-0.3, -0.25) is 4.79 Å². The lowest BCUT2D eigenvalue weighted by Crippen LogP contribution is -2.20. The zero-order valence-corrected chi connectivity index (χ0v) is 8.40. The summed E-state index contributed by atoms with van der Waals surface area (Å²) in [5.41, 5.74) is -0.542. The van der Waals surface area contributed by atoms with Crippen molar-refractivity contribution in [3.05, 3.63) is 35.4 Å². The number of rotatable bonds is 1. The molecule has 0 bridgehead atoms. The summed E-state index contributed by atoms with van der Waals surface area (Å²) in [6, 6.07) is 3.28. The normalized spacial score (nSPS) is 8.64. The Morgan fingerprint density at radius 1 is 1.21 bits per heavy atom. The minimum absolute atomic E-state index is 0.542. The summed E-state index contributed by atoms with van der Waals surface area (Å²) in [6.45, 7) is 4.00. The molecule has 0 saturated heterocycles. The van der Waals surface area contributed by atoms with Gasteiger partial charge in [-0.1, -0.05) is 19.9 Å². The van der Waals surface area contributed by atoms with E-state index in [1.165, 1.54) is 13.1 Å². The molecule has 1 aromatic carbocycles. The van der Waals surface area contributed by atoms with Crippen LogP contribution in [0.3, 0.4) is 0 Å². The van der Waals surface area contributed by atoms with Crippen LogP contribution < -0.4 is 5.32 Å². The van der Waals surface area contributed by atoms with E-state index in [2.05, 4.69) is 5.32 Å². The first kappa shape index (κ1) is 12.6. The van der Waals surface area contributed by atoms with Gasteiger partial charge >= 0.3 is 0 Å². The van der Waals surface area contributed by atoms with Gasteiger partial charge in [0.2, 0.25) is 0 Å². The summed E-state index contributed by atoms with van der Waals surface area (Å²) in [5.74, 6) is -2.46. The Bertz CT molecular complexity index is 293. The number of carbonyl (C=O) groups excluding carboxylic acids is 1. The van der Waals surface area contributed by atoms with Gasteiger partial charge in [-0.15, -0.1) is 0 Å². The zero-order chi connectivity index (χ0) is 11.1. The number of hydrogen-bond acceptors (Lipinski definition) is 1. The van der Waals surface area contributed by atoms with Crippen LogP contribution in [-0.4, -0.2) is 13.0 Å². The van der Waals surface area contributed by atoms with Gasteiger partial charge in [0.15, 0.2) is 0 Å². The van der Waals surface area contributed by atoms with Gasteiger partial charge in [0.1, 0.15) is 17.2 Å². The van der Waals surface area contributed by atoms with Crippen molar-refractivity contribution in [2.75, 3.05) is 7.05 Å². The average molecular weight is 201 g/mol. The number of halogens is 2. The molecule has 1 amide bonds. The highest BCUT2D eigenvalue weighted by atomic mass is 19.1. The molecule has 2 nitrogen and oxygen atoms in total. The number of hydrogen-bond donors (Lipinski definition) is 1. The smallest absolute Gasteiger partial charge is 0.256 e. The number of benzene rings is 1. The fourth-order valence-electron chi connectivity index (χ4n) is 0.840. The molecule has 0 aliphatic carbocycles. The first-order valence-corrected chi connectivity index (χ1v) is 4.33. The monoisotopic (exact) mass is 201 g/mol. The standard InChI is InChI=1S/C8H7F2NO.C2H6/c1-11-8(12)7-5(9)3-2-4-6(7)10;1-2/h2-4H,1H3,(H,11,12);1-2H3. The molecule has 1 aromatic rings. The Kier molecular flexibility index (Phi) is 5.44. The second kappa shape index (κ2) is 6.07. The zero-order valence-electron chi connectivity index (χ0n) is 8.40. The van der Waals surface area contributed by atoms with Crippen LogP contribution >= 0.6 is 0 Å². The quantitative estimate of drug-likeness (QED) is 0.742. The molecule has 0 radical (unpaired) electrons. The minimum atomic E-state index is -0.852. The van der Waals surface area contributed by atoms with Crippen LogP contribution in [0.1, 0.15) is 24.2 Å². The van der Waals surface area contributed by atoms with Crippen molar-refractivity contribution in [2.45, 2.75) is 13.8 Å². The summed E-state index contributed by atoms with van der Waals surface area (Å²) in [5, 5.41) is 2.14. The van der Waals surface area contributed by atoms with Gasteiger partial charge in [0, 0.05) is 7.05 Å². The first-order chi connectivity index (χ1) is 6.66. The highest BCUT2D eigenvalue weighted by Gasteiger charge is 2.14.